The van der Waals surface area contributed by atoms with Gasteiger partial charge in [0.1, 0.15) is 12.0 Å². The van der Waals surface area contributed by atoms with E-state index in [9.17, 15) is 4.79 Å². The molecule has 8 heteroatoms. The van der Waals surface area contributed by atoms with E-state index in [1.165, 1.54) is 0 Å². The fourth-order valence-corrected chi connectivity index (χ4v) is 4.00. The van der Waals surface area contributed by atoms with E-state index in [-0.39, 0.29) is 6.03 Å². The Labute approximate surface area is 180 Å². The molecular formula is C23H23N7O. The van der Waals surface area contributed by atoms with Crippen molar-refractivity contribution in [3.05, 3.63) is 83.8 Å². The Morgan fingerprint density at radius 1 is 1.06 bits per heavy atom. The molecule has 8 nitrogen and oxygen atoms in total. The highest BCUT2D eigenvalue weighted by Gasteiger charge is 2.29. The third-order valence-electron chi connectivity index (χ3n) is 5.61. The Bertz CT molecular complexity index is 1200. The first-order chi connectivity index (χ1) is 15.2. The summed E-state index contributed by atoms with van der Waals surface area (Å²) < 4.78 is 3.82. The molecule has 3 heterocycles. The Morgan fingerprint density at radius 3 is 2.58 bits per heavy atom. The lowest BCUT2D eigenvalue weighted by atomic mass is 10.0. The van der Waals surface area contributed by atoms with Gasteiger partial charge in [0.05, 0.1) is 6.54 Å². The molecule has 156 valence electrons. The predicted octanol–water partition coefficient (Wildman–Crippen LogP) is 2.94. The quantitative estimate of drug-likeness (QED) is 0.558. The van der Waals surface area contributed by atoms with E-state index in [1.54, 1.807) is 6.33 Å². The average molecular weight is 413 g/mol. The van der Waals surface area contributed by atoms with Gasteiger partial charge in [0, 0.05) is 43.5 Å². The van der Waals surface area contributed by atoms with Crippen LogP contribution < -0.4 is 5.32 Å². The van der Waals surface area contributed by atoms with E-state index in [0.717, 1.165) is 34.6 Å². The number of nitrogens with one attached hydrogen (secondary N) is 1. The smallest absolute Gasteiger partial charge is 0.317 e. The number of hydrogen-bond donors (Lipinski definition) is 1. The number of benzene rings is 2. The fraction of sp³-hybridized carbons (Fsp3) is 0.217. The molecule has 4 aromatic rings. The van der Waals surface area contributed by atoms with Gasteiger partial charge in [-0.2, -0.15) is 5.10 Å². The molecule has 0 radical (unpaired) electrons. The van der Waals surface area contributed by atoms with E-state index in [2.05, 4.69) is 15.5 Å². The number of aryl methyl sites for hydroxylation is 1. The van der Waals surface area contributed by atoms with Crippen LogP contribution in [0.2, 0.25) is 0 Å². The number of urea groups is 1. The predicted molar refractivity (Wildman–Crippen MR) is 116 cm³/mol. The molecule has 0 atom stereocenters. The van der Waals surface area contributed by atoms with Crippen molar-refractivity contribution >= 4 is 6.03 Å². The van der Waals surface area contributed by atoms with Gasteiger partial charge in [0.25, 0.3) is 0 Å². The van der Waals surface area contributed by atoms with Crippen molar-refractivity contribution in [2.24, 2.45) is 7.05 Å². The second-order valence-corrected chi connectivity index (χ2v) is 7.57. The zero-order chi connectivity index (χ0) is 21.2. The van der Waals surface area contributed by atoms with Crippen LogP contribution in [0.25, 0.3) is 17.2 Å². The largest absolute Gasteiger partial charge is 0.334 e. The van der Waals surface area contributed by atoms with Crippen LogP contribution >= 0.6 is 0 Å². The number of amides is 2. The summed E-state index contributed by atoms with van der Waals surface area (Å²) in [6, 6.07) is 19.8. The van der Waals surface area contributed by atoms with Crippen LogP contribution in [-0.2, 0) is 26.6 Å². The monoisotopic (exact) mass is 413 g/mol. The van der Waals surface area contributed by atoms with Crippen molar-refractivity contribution in [1.29, 1.82) is 0 Å². The van der Waals surface area contributed by atoms with Gasteiger partial charge in [-0.25, -0.2) is 4.79 Å². The minimum Gasteiger partial charge on any atom is -0.334 e. The summed E-state index contributed by atoms with van der Waals surface area (Å²) in [5, 5.41) is 16.2. The lowest BCUT2D eigenvalue weighted by molar-refractivity contribution is 0.191. The number of carbonyl (C=O) groups excluding carboxylic acids is 1. The first-order valence-corrected chi connectivity index (χ1v) is 10.3. The standard InChI is InChI=1S/C23H23N7O/c1-28-20-12-13-29(23(31)24-14-17-8-4-2-5-9-17)15-19(20)21(27-28)22-26-25-16-30(22)18-10-6-3-7-11-18/h2-11,16H,12-15H2,1H3,(H,24,31). The zero-order valence-electron chi connectivity index (χ0n) is 17.3. The van der Waals surface area contributed by atoms with Gasteiger partial charge in [-0.15, -0.1) is 10.2 Å². The highest BCUT2D eigenvalue weighted by atomic mass is 16.2. The number of aromatic nitrogens is 5. The van der Waals surface area contributed by atoms with Gasteiger partial charge in [0.2, 0.25) is 0 Å². The Balaban J connectivity index is 1.40. The summed E-state index contributed by atoms with van der Waals surface area (Å²) >= 11 is 0. The molecule has 2 amide bonds. The normalized spacial score (nSPS) is 13.1. The number of carbonyl (C=O) groups is 1. The Hall–Kier alpha value is -3.94. The van der Waals surface area contributed by atoms with E-state index in [4.69, 9.17) is 5.10 Å². The lowest BCUT2D eigenvalue weighted by Crippen LogP contribution is -2.42. The van der Waals surface area contributed by atoms with Crippen LogP contribution in [0.5, 0.6) is 0 Å². The van der Waals surface area contributed by atoms with E-state index < -0.39 is 0 Å². The average Bonchev–Trinajstić information content (AvgIpc) is 3.43. The lowest BCUT2D eigenvalue weighted by Gasteiger charge is -2.27. The van der Waals surface area contributed by atoms with Crippen LogP contribution in [0.4, 0.5) is 4.79 Å². The van der Waals surface area contributed by atoms with E-state index in [1.807, 2.05) is 81.9 Å². The van der Waals surface area contributed by atoms with Crippen molar-refractivity contribution in [2.75, 3.05) is 6.54 Å². The minimum absolute atomic E-state index is 0.0752. The maximum absolute atomic E-state index is 12.8. The Kier molecular flexibility index (Phi) is 4.95. The van der Waals surface area contributed by atoms with Crippen molar-refractivity contribution < 1.29 is 4.79 Å². The van der Waals surface area contributed by atoms with Crippen molar-refractivity contribution in [3.8, 4) is 17.2 Å². The first-order valence-electron chi connectivity index (χ1n) is 10.3. The summed E-state index contributed by atoms with van der Waals surface area (Å²) in [7, 11) is 1.94. The number of rotatable bonds is 4. The molecule has 1 aliphatic rings. The maximum atomic E-state index is 12.8. The van der Waals surface area contributed by atoms with Crippen LogP contribution in [-0.4, -0.2) is 42.0 Å². The molecule has 0 bridgehead atoms. The van der Waals surface area contributed by atoms with Gasteiger partial charge in [0.15, 0.2) is 5.82 Å². The summed E-state index contributed by atoms with van der Waals surface area (Å²) in [6.07, 6.45) is 2.44. The second kappa shape index (κ2) is 8.06. The minimum atomic E-state index is -0.0752. The summed E-state index contributed by atoms with van der Waals surface area (Å²) in [5.41, 5.74) is 4.96. The molecule has 2 aromatic carbocycles. The second-order valence-electron chi connectivity index (χ2n) is 7.57. The third-order valence-corrected chi connectivity index (χ3v) is 5.61. The maximum Gasteiger partial charge on any atom is 0.317 e. The summed E-state index contributed by atoms with van der Waals surface area (Å²) in [5.74, 6) is 0.676. The number of nitrogens with zero attached hydrogens (tertiary/aromatic N) is 6. The summed E-state index contributed by atoms with van der Waals surface area (Å²) in [4.78, 5) is 14.7. The number of para-hydroxylation sites is 1. The highest BCUT2D eigenvalue weighted by Crippen LogP contribution is 2.29. The van der Waals surface area contributed by atoms with Gasteiger partial charge in [-0.3, -0.25) is 9.25 Å². The highest BCUT2D eigenvalue weighted by molar-refractivity contribution is 5.75. The zero-order valence-corrected chi connectivity index (χ0v) is 17.3. The van der Waals surface area contributed by atoms with Gasteiger partial charge < -0.3 is 10.2 Å². The fourth-order valence-electron chi connectivity index (χ4n) is 4.00. The Morgan fingerprint density at radius 2 is 1.81 bits per heavy atom. The van der Waals surface area contributed by atoms with Crippen LogP contribution in [0.15, 0.2) is 67.0 Å². The molecular weight excluding hydrogens is 390 g/mol. The van der Waals surface area contributed by atoms with Gasteiger partial charge in [-0.05, 0) is 17.7 Å². The van der Waals surface area contributed by atoms with Crippen LogP contribution in [0.1, 0.15) is 16.8 Å². The molecule has 31 heavy (non-hydrogen) atoms. The molecule has 0 unspecified atom stereocenters. The molecule has 0 saturated heterocycles. The third kappa shape index (κ3) is 3.68. The van der Waals surface area contributed by atoms with Crippen molar-refractivity contribution in [3.63, 3.8) is 0 Å². The molecule has 5 rings (SSSR count). The van der Waals surface area contributed by atoms with Crippen molar-refractivity contribution in [2.45, 2.75) is 19.5 Å². The van der Waals surface area contributed by atoms with Crippen LogP contribution in [0.3, 0.4) is 0 Å². The SMILES string of the molecule is Cn1nc(-c2nncn2-c2ccccc2)c2c1CCN(C(=O)NCc1ccccc1)C2. The van der Waals surface area contributed by atoms with E-state index in [0.29, 0.717) is 25.5 Å². The molecule has 0 spiro atoms. The molecule has 1 N–H and O–H groups in total. The van der Waals surface area contributed by atoms with Gasteiger partial charge >= 0.3 is 6.03 Å². The molecule has 0 aliphatic carbocycles. The summed E-state index contributed by atoms with van der Waals surface area (Å²) in [6.45, 7) is 1.64. The van der Waals surface area contributed by atoms with Crippen molar-refractivity contribution in [1.82, 2.24) is 34.8 Å². The molecule has 0 saturated carbocycles. The number of hydrogen-bond acceptors (Lipinski definition) is 4. The number of fused-ring (bicyclic) bond motifs is 1. The molecule has 2 aromatic heterocycles. The van der Waals surface area contributed by atoms with Crippen LogP contribution in [0, 0.1) is 0 Å². The molecule has 0 fully saturated rings. The first kappa shape index (κ1) is 19.0. The topological polar surface area (TPSA) is 80.9 Å². The molecule has 1 aliphatic heterocycles. The van der Waals surface area contributed by atoms with Gasteiger partial charge in [-0.1, -0.05) is 48.5 Å². The van der Waals surface area contributed by atoms with E-state index >= 15 is 0 Å².